The lowest BCUT2D eigenvalue weighted by Crippen LogP contribution is -2.44. The van der Waals surface area contributed by atoms with Gasteiger partial charge in [-0.15, -0.1) is 0 Å². The lowest BCUT2D eigenvalue weighted by atomic mass is 9.77. The van der Waals surface area contributed by atoms with Crippen molar-refractivity contribution in [1.29, 1.82) is 0 Å². The summed E-state index contributed by atoms with van der Waals surface area (Å²) in [7, 11) is 1.65. The third-order valence-corrected chi connectivity index (χ3v) is 5.49. The van der Waals surface area contributed by atoms with Crippen molar-refractivity contribution in [1.82, 2.24) is 0 Å². The maximum absolute atomic E-state index is 10.6. The first-order valence-electron chi connectivity index (χ1n) is 10.5. The molecule has 0 unspecified atom stereocenters. The fraction of sp³-hybridized carbons (Fsp3) is 0.739. The molecule has 0 radical (unpaired) electrons. The van der Waals surface area contributed by atoms with Crippen LogP contribution in [-0.2, 0) is 16.1 Å². The Hall–Kier alpha value is -1.14. The van der Waals surface area contributed by atoms with Gasteiger partial charge in [-0.2, -0.15) is 0 Å². The van der Waals surface area contributed by atoms with E-state index in [9.17, 15) is 10.2 Å². The molecule has 0 saturated carbocycles. The van der Waals surface area contributed by atoms with Crippen molar-refractivity contribution in [2.75, 3.05) is 20.3 Å². The summed E-state index contributed by atoms with van der Waals surface area (Å²) in [5.74, 6) is 0.814. The lowest BCUT2D eigenvalue weighted by molar-refractivity contribution is -0.118. The number of hydrogen-bond donors (Lipinski definition) is 2. The second-order valence-electron chi connectivity index (χ2n) is 7.99. The van der Waals surface area contributed by atoms with Gasteiger partial charge in [-0.3, -0.25) is 0 Å². The zero-order chi connectivity index (χ0) is 21.0. The molecule has 5 nitrogen and oxygen atoms in total. The molecular formula is C23H40O5. The molecule has 1 aromatic rings. The van der Waals surface area contributed by atoms with E-state index >= 15 is 0 Å². The highest BCUT2D eigenvalue weighted by molar-refractivity contribution is 5.26. The van der Waals surface area contributed by atoms with E-state index in [0.717, 1.165) is 37.2 Å². The van der Waals surface area contributed by atoms with Gasteiger partial charge in [0.1, 0.15) is 5.75 Å². The number of methoxy groups -OCH3 is 1. The number of benzene rings is 1. The third-order valence-electron chi connectivity index (χ3n) is 5.49. The highest BCUT2D eigenvalue weighted by Gasteiger charge is 2.38. The fourth-order valence-corrected chi connectivity index (χ4v) is 3.20. The van der Waals surface area contributed by atoms with Gasteiger partial charge < -0.3 is 24.4 Å². The monoisotopic (exact) mass is 396 g/mol. The van der Waals surface area contributed by atoms with Gasteiger partial charge in [0, 0.05) is 25.0 Å². The Kier molecular flexibility index (Phi) is 11.7. The van der Waals surface area contributed by atoms with Gasteiger partial charge in [-0.25, -0.2) is 0 Å². The smallest absolute Gasteiger partial charge is 0.118 e. The van der Waals surface area contributed by atoms with Gasteiger partial charge in [-0.05, 0) is 37.0 Å². The minimum Gasteiger partial charge on any atom is -0.497 e. The summed E-state index contributed by atoms with van der Waals surface area (Å²) in [5.41, 5.74) is 0.551. The largest absolute Gasteiger partial charge is 0.497 e. The van der Waals surface area contributed by atoms with Crippen LogP contribution in [0.5, 0.6) is 5.75 Å². The second-order valence-corrected chi connectivity index (χ2v) is 7.99. The number of aliphatic hydroxyl groups excluding tert-OH is 2. The molecule has 1 rings (SSSR count). The third kappa shape index (κ3) is 8.08. The van der Waals surface area contributed by atoms with Crippen molar-refractivity contribution in [2.24, 2.45) is 5.41 Å². The molecule has 1 aromatic carbocycles. The van der Waals surface area contributed by atoms with Gasteiger partial charge in [-0.1, -0.05) is 46.2 Å². The van der Waals surface area contributed by atoms with Crippen molar-refractivity contribution in [3.05, 3.63) is 29.8 Å². The second kappa shape index (κ2) is 13.2. The number of unbranched alkanes of at least 4 members (excludes halogenated alkanes) is 1. The summed E-state index contributed by atoms with van der Waals surface area (Å²) < 4.78 is 17.6. The highest BCUT2D eigenvalue weighted by atomic mass is 16.5. The summed E-state index contributed by atoms with van der Waals surface area (Å²) in [6, 6.07) is 7.81. The summed E-state index contributed by atoms with van der Waals surface area (Å²) in [6.07, 6.45) is 3.36. The van der Waals surface area contributed by atoms with Crippen LogP contribution in [0.1, 0.15) is 65.4 Å². The van der Waals surface area contributed by atoms with Gasteiger partial charge in [0.05, 0.1) is 32.0 Å². The molecule has 0 aliphatic rings. The van der Waals surface area contributed by atoms with Crippen LogP contribution in [-0.4, -0.2) is 48.8 Å². The molecule has 2 N–H and O–H groups in total. The van der Waals surface area contributed by atoms with E-state index in [1.807, 2.05) is 38.1 Å². The molecule has 0 bridgehead atoms. The van der Waals surface area contributed by atoms with Gasteiger partial charge in [0.15, 0.2) is 0 Å². The molecular weight excluding hydrogens is 356 g/mol. The Labute approximate surface area is 171 Å². The topological polar surface area (TPSA) is 68.2 Å². The number of ether oxygens (including phenoxy) is 3. The average Bonchev–Trinajstić information content (AvgIpc) is 2.70. The molecule has 0 aromatic heterocycles. The quantitative estimate of drug-likeness (QED) is 0.432. The first-order valence-corrected chi connectivity index (χ1v) is 10.5. The summed E-state index contributed by atoms with van der Waals surface area (Å²) in [6.45, 7) is 9.44. The number of rotatable bonds is 15. The minimum atomic E-state index is -0.647. The Morgan fingerprint density at radius 2 is 1.75 bits per heavy atom. The first kappa shape index (κ1) is 24.9. The van der Waals surface area contributed by atoms with Crippen LogP contribution in [0.2, 0.25) is 0 Å². The molecule has 0 aliphatic heterocycles. The Bertz CT molecular complexity index is 514. The van der Waals surface area contributed by atoms with Gasteiger partial charge in [0.2, 0.25) is 0 Å². The SMILES string of the molecule is CCCCO[C@@H](CC)C[C@@H](OCc1ccc(OC)cc1)C(C)(C)[C@H](O)CCO. The highest BCUT2D eigenvalue weighted by Crippen LogP contribution is 2.34. The fourth-order valence-electron chi connectivity index (χ4n) is 3.20. The van der Waals surface area contributed by atoms with Crippen LogP contribution in [0.15, 0.2) is 24.3 Å². The summed E-state index contributed by atoms with van der Waals surface area (Å²) >= 11 is 0. The Morgan fingerprint density at radius 3 is 2.29 bits per heavy atom. The number of hydrogen-bond acceptors (Lipinski definition) is 5. The summed E-state index contributed by atoms with van der Waals surface area (Å²) in [5, 5.41) is 19.9. The van der Waals surface area contributed by atoms with E-state index in [0.29, 0.717) is 19.4 Å². The van der Waals surface area contributed by atoms with Crippen molar-refractivity contribution in [3.8, 4) is 5.75 Å². The average molecular weight is 397 g/mol. The van der Waals surface area contributed by atoms with E-state index in [2.05, 4.69) is 13.8 Å². The molecule has 28 heavy (non-hydrogen) atoms. The van der Waals surface area contributed by atoms with Crippen LogP contribution >= 0.6 is 0 Å². The molecule has 3 atom stereocenters. The van der Waals surface area contributed by atoms with E-state index in [4.69, 9.17) is 14.2 Å². The van der Waals surface area contributed by atoms with Crippen LogP contribution in [0, 0.1) is 5.41 Å². The zero-order valence-corrected chi connectivity index (χ0v) is 18.3. The molecule has 0 fully saturated rings. The van der Waals surface area contributed by atoms with Crippen molar-refractivity contribution in [2.45, 2.75) is 84.7 Å². The van der Waals surface area contributed by atoms with Crippen molar-refractivity contribution in [3.63, 3.8) is 0 Å². The van der Waals surface area contributed by atoms with E-state index in [1.54, 1.807) is 7.11 Å². The molecule has 162 valence electrons. The van der Waals surface area contributed by atoms with E-state index in [1.165, 1.54) is 0 Å². The molecule has 0 heterocycles. The van der Waals surface area contributed by atoms with Gasteiger partial charge >= 0.3 is 0 Å². The van der Waals surface area contributed by atoms with Crippen molar-refractivity contribution < 1.29 is 24.4 Å². The lowest BCUT2D eigenvalue weighted by Gasteiger charge is -2.39. The maximum atomic E-state index is 10.6. The normalized spacial score (nSPS) is 15.2. The zero-order valence-electron chi connectivity index (χ0n) is 18.3. The molecule has 0 amide bonds. The predicted molar refractivity (Wildman–Crippen MR) is 113 cm³/mol. The van der Waals surface area contributed by atoms with E-state index < -0.39 is 11.5 Å². The van der Waals surface area contributed by atoms with Crippen LogP contribution < -0.4 is 4.74 Å². The maximum Gasteiger partial charge on any atom is 0.118 e. The number of aliphatic hydroxyl groups is 2. The van der Waals surface area contributed by atoms with E-state index in [-0.39, 0.29) is 18.8 Å². The molecule has 0 saturated heterocycles. The molecule has 0 aliphatic carbocycles. The standard InChI is InChI=1S/C23H40O5/c1-6-8-15-27-19(7-2)16-22(23(3,4)21(25)13-14-24)28-17-18-9-11-20(26-5)12-10-18/h9-12,19,21-22,24-25H,6-8,13-17H2,1-5H3/t19-,21+,22+/m0/s1. The molecule has 0 spiro atoms. The van der Waals surface area contributed by atoms with Crippen LogP contribution in [0.3, 0.4) is 0 Å². The van der Waals surface area contributed by atoms with Crippen LogP contribution in [0.25, 0.3) is 0 Å². The molecule has 5 heteroatoms. The first-order chi connectivity index (χ1) is 13.4. The predicted octanol–water partition coefficient (Wildman–Crippen LogP) is 4.34. The van der Waals surface area contributed by atoms with Gasteiger partial charge in [0.25, 0.3) is 0 Å². The Morgan fingerprint density at radius 1 is 1.07 bits per heavy atom. The Balaban J connectivity index is 2.85. The minimum absolute atomic E-state index is 0.0417. The van der Waals surface area contributed by atoms with Crippen LogP contribution in [0.4, 0.5) is 0 Å². The summed E-state index contributed by atoms with van der Waals surface area (Å²) in [4.78, 5) is 0. The van der Waals surface area contributed by atoms with Crippen molar-refractivity contribution >= 4 is 0 Å².